The fourth-order valence-corrected chi connectivity index (χ4v) is 5.90. The molecule has 0 spiro atoms. The molecular formula is C21H29N3O2S2. The number of aromatic nitrogens is 2. The number of H-pyrrole nitrogens is 1. The summed E-state index contributed by atoms with van der Waals surface area (Å²) in [6.45, 7) is 2.91. The van der Waals surface area contributed by atoms with Crippen LogP contribution in [0.25, 0.3) is 10.2 Å². The molecule has 2 aromatic rings. The number of aromatic amines is 1. The molecule has 152 valence electrons. The van der Waals surface area contributed by atoms with Crippen molar-refractivity contribution in [3.05, 3.63) is 26.6 Å². The standard InChI is InChI=1S/C21H29N3O2S2/c1-13-4-2-3-5-16(13)22-19(25)15-8-6-14(7-9-15)12-24-20(26)18-17(10-11-28-18)23-21(24)27/h10-11,13-16H,2-9,12H2,1H3,(H,22,25)(H,23,27)/t13-,14?,15?,16-/m0/s1. The summed E-state index contributed by atoms with van der Waals surface area (Å²) in [5.74, 6) is 1.36. The highest BCUT2D eigenvalue weighted by Gasteiger charge is 2.30. The second-order valence-corrected chi connectivity index (χ2v) is 9.91. The molecule has 2 atom stereocenters. The number of hydrogen-bond acceptors (Lipinski definition) is 4. The highest BCUT2D eigenvalue weighted by atomic mass is 32.1. The molecule has 0 bridgehead atoms. The van der Waals surface area contributed by atoms with Gasteiger partial charge in [0.2, 0.25) is 5.91 Å². The van der Waals surface area contributed by atoms with Crippen molar-refractivity contribution in [2.24, 2.45) is 17.8 Å². The topological polar surface area (TPSA) is 66.9 Å². The Bertz CT molecular complexity index is 952. The van der Waals surface area contributed by atoms with Crippen molar-refractivity contribution in [2.75, 3.05) is 0 Å². The summed E-state index contributed by atoms with van der Waals surface area (Å²) in [6, 6.07) is 2.26. The zero-order chi connectivity index (χ0) is 19.7. The van der Waals surface area contributed by atoms with Crippen molar-refractivity contribution >= 4 is 39.7 Å². The number of thiophene rings is 1. The van der Waals surface area contributed by atoms with E-state index in [1.54, 1.807) is 4.57 Å². The predicted octanol–water partition coefficient (Wildman–Crippen LogP) is 4.62. The van der Waals surface area contributed by atoms with E-state index in [4.69, 9.17) is 12.2 Å². The van der Waals surface area contributed by atoms with Gasteiger partial charge in [0.15, 0.2) is 4.77 Å². The molecule has 0 radical (unpaired) electrons. The second kappa shape index (κ2) is 8.49. The van der Waals surface area contributed by atoms with Gasteiger partial charge in [0, 0.05) is 18.5 Å². The Morgan fingerprint density at radius 1 is 1.25 bits per heavy atom. The first kappa shape index (κ1) is 19.8. The zero-order valence-electron chi connectivity index (χ0n) is 16.4. The van der Waals surface area contributed by atoms with E-state index in [9.17, 15) is 9.59 Å². The van der Waals surface area contributed by atoms with E-state index in [-0.39, 0.29) is 17.4 Å². The maximum Gasteiger partial charge on any atom is 0.272 e. The fourth-order valence-electron chi connectivity index (χ4n) is 4.83. The Hall–Kier alpha value is -1.47. The van der Waals surface area contributed by atoms with Crippen LogP contribution in [0.15, 0.2) is 16.2 Å². The third kappa shape index (κ3) is 4.10. The smallest absolute Gasteiger partial charge is 0.272 e. The zero-order valence-corrected chi connectivity index (χ0v) is 18.0. The molecule has 28 heavy (non-hydrogen) atoms. The van der Waals surface area contributed by atoms with Gasteiger partial charge in [-0.1, -0.05) is 19.8 Å². The van der Waals surface area contributed by atoms with E-state index in [2.05, 4.69) is 17.2 Å². The van der Waals surface area contributed by atoms with Gasteiger partial charge in [-0.05, 0) is 74.0 Å². The Morgan fingerprint density at radius 2 is 2.00 bits per heavy atom. The van der Waals surface area contributed by atoms with E-state index in [1.165, 1.54) is 30.6 Å². The summed E-state index contributed by atoms with van der Waals surface area (Å²) in [5.41, 5.74) is 0.841. The minimum atomic E-state index is 0.0138. The molecule has 5 nitrogen and oxygen atoms in total. The molecule has 2 aliphatic carbocycles. The van der Waals surface area contributed by atoms with Crippen LogP contribution < -0.4 is 10.9 Å². The maximum atomic E-state index is 12.7. The van der Waals surface area contributed by atoms with Gasteiger partial charge in [-0.25, -0.2) is 0 Å². The summed E-state index contributed by atoms with van der Waals surface area (Å²) in [4.78, 5) is 28.6. The summed E-state index contributed by atoms with van der Waals surface area (Å²) < 4.78 is 2.95. The van der Waals surface area contributed by atoms with E-state index >= 15 is 0 Å². The van der Waals surface area contributed by atoms with Gasteiger partial charge in [-0.2, -0.15) is 0 Å². The summed E-state index contributed by atoms with van der Waals surface area (Å²) in [7, 11) is 0. The molecule has 2 aromatic heterocycles. The van der Waals surface area contributed by atoms with Crippen LogP contribution in [-0.4, -0.2) is 21.5 Å². The molecule has 4 rings (SSSR count). The van der Waals surface area contributed by atoms with Gasteiger partial charge < -0.3 is 10.3 Å². The first-order valence-electron chi connectivity index (χ1n) is 10.5. The van der Waals surface area contributed by atoms with Gasteiger partial charge in [0.25, 0.3) is 5.56 Å². The second-order valence-electron chi connectivity index (χ2n) is 8.60. The monoisotopic (exact) mass is 419 g/mol. The van der Waals surface area contributed by atoms with E-state index in [0.29, 0.717) is 29.2 Å². The highest BCUT2D eigenvalue weighted by Crippen LogP contribution is 2.31. The van der Waals surface area contributed by atoms with Gasteiger partial charge in [0.1, 0.15) is 4.70 Å². The number of fused-ring (bicyclic) bond motifs is 1. The molecule has 0 unspecified atom stereocenters. The number of rotatable bonds is 4. The largest absolute Gasteiger partial charge is 0.353 e. The van der Waals surface area contributed by atoms with Crippen LogP contribution in [0.1, 0.15) is 58.3 Å². The third-order valence-electron chi connectivity index (χ3n) is 6.69. The predicted molar refractivity (Wildman–Crippen MR) is 116 cm³/mol. The van der Waals surface area contributed by atoms with Crippen LogP contribution in [-0.2, 0) is 11.3 Å². The molecule has 7 heteroatoms. The minimum absolute atomic E-state index is 0.0138. The highest BCUT2D eigenvalue weighted by molar-refractivity contribution is 7.71. The number of nitrogens with one attached hydrogen (secondary N) is 2. The Balaban J connectivity index is 1.35. The number of carbonyl (C=O) groups excluding carboxylic acids is 1. The number of hydrogen-bond donors (Lipinski definition) is 2. The average molecular weight is 420 g/mol. The van der Waals surface area contributed by atoms with Crippen LogP contribution in [0.5, 0.6) is 0 Å². The Kier molecular flexibility index (Phi) is 6.01. The quantitative estimate of drug-likeness (QED) is 0.711. The fraction of sp³-hybridized carbons (Fsp3) is 0.667. The molecule has 2 aliphatic rings. The minimum Gasteiger partial charge on any atom is -0.353 e. The molecule has 2 saturated carbocycles. The summed E-state index contributed by atoms with van der Waals surface area (Å²) >= 11 is 6.87. The summed E-state index contributed by atoms with van der Waals surface area (Å²) in [5, 5.41) is 5.24. The molecule has 0 aliphatic heterocycles. The molecule has 0 saturated heterocycles. The molecule has 0 aromatic carbocycles. The van der Waals surface area contributed by atoms with Gasteiger partial charge >= 0.3 is 0 Å². The third-order valence-corrected chi connectivity index (χ3v) is 7.91. The van der Waals surface area contributed by atoms with Crippen molar-refractivity contribution in [1.29, 1.82) is 0 Å². The van der Waals surface area contributed by atoms with Crippen LogP contribution in [0, 0.1) is 22.5 Å². The van der Waals surface area contributed by atoms with Gasteiger partial charge in [-0.3, -0.25) is 14.2 Å². The van der Waals surface area contributed by atoms with Crippen LogP contribution in [0.4, 0.5) is 0 Å². The number of nitrogens with zero attached hydrogens (tertiary/aromatic N) is 1. The van der Waals surface area contributed by atoms with Crippen LogP contribution in [0.3, 0.4) is 0 Å². The van der Waals surface area contributed by atoms with Crippen molar-refractivity contribution in [3.8, 4) is 0 Å². The lowest BCUT2D eigenvalue weighted by atomic mass is 9.80. The normalized spacial score (nSPS) is 28.3. The van der Waals surface area contributed by atoms with E-state index in [1.807, 2.05) is 11.4 Å². The Labute approximate surface area is 174 Å². The Morgan fingerprint density at radius 3 is 2.75 bits per heavy atom. The van der Waals surface area contributed by atoms with E-state index < -0.39 is 0 Å². The molecule has 1 amide bonds. The van der Waals surface area contributed by atoms with Crippen LogP contribution >= 0.6 is 23.6 Å². The maximum absolute atomic E-state index is 12.7. The lowest BCUT2D eigenvalue weighted by Crippen LogP contribution is -2.44. The van der Waals surface area contributed by atoms with Crippen LogP contribution in [0.2, 0.25) is 0 Å². The van der Waals surface area contributed by atoms with Crippen molar-refractivity contribution < 1.29 is 4.79 Å². The molecular weight excluding hydrogens is 390 g/mol. The van der Waals surface area contributed by atoms with Gasteiger partial charge in [0.05, 0.1) is 5.52 Å². The van der Waals surface area contributed by atoms with Crippen molar-refractivity contribution in [3.63, 3.8) is 0 Å². The number of carbonyl (C=O) groups is 1. The summed E-state index contributed by atoms with van der Waals surface area (Å²) in [6.07, 6.45) is 8.62. The van der Waals surface area contributed by atoms with Crippen molar-refractivity contribution in [1.82, 2.24) is 14.9 Å². The molecule has 2 heterocycles. The first-order valence-corrected chi connectivity index (χ1v) is 11.8. The van der Waals surface area contributed by atoms with Crippen molar-refractivity contribution in [2.45, 2.75) is 70.9 Å². The first-order chi connectivity index (χ1) is 13.5. The lowest BCUT2D eigenvalue weighted by Gasteiger charge is -2.33. The van der Waals surface area contributed by atoms with Gasteiger partial charge in [-0.15, -0.1) is 11.3 Å². The average Bonchev–Trinajstić information content (AvgIpc) is 3.16. The molecule has 2 fully saturated rings. The SMILES string of the molecule is C[C@H]1CCCC[C@@H]1NC(=O)C1CCC(Cn2c(=S)[nH]c3ccsc3c2=O)CC1. The van der Waals surface area contributed by atoms with E-state index in [0.717, 1.165) is 42.3 Å². The molecule has 2 N–H and O–H groups in total. The lowest BCUT2D eigenvalue weighted by molar-refractivity contribution is -0.127. The number of amides is 1.